The molecular formula is C14H22N2O4S. The fourth-order valence-corrected chi connectivity index (χ4v) is 2.03. The van der Waals surface area contributed by atoms with E-state index in [1.807, 2.05) is 0 Å². The Labute approximate surface area is 125 Å². The van der Waals surface area contributed by atoms with E-state index in [4.69, 9.17) is 4.74 Å². The lowest BCUT2D eigenvalue weighted by Crippen LogP contribution is -2.27. The van der Waals surface area contributed by atoms with E-state index < -0.39 is 27.0 Å². The highest BCUT2D eigenvalue weighted by Gasteiger charge is 2.17. The first-order valence-electron chi connectivity index (χ1n) is 6.61. The SMILES string of the molecule is CC(C)S(=O)(=O)Nc1ccc(NC(=O)OC(C)(C)C)cc1. The Morgan fingerprint density at radius 3 is 2.00 bits per heavy atom. The molecule has 118 valence electrons. The number of benzene rings is 1. The quantitative estimate of drug-likeness (QED) is 0.894. The number of hydrogen-bond acceptors (Lipinski definition) is 4. The lowest BCUT2D eigenvalue weighted by molar-refractivity contribution is 0.0636. The molecule has 0 aliphatic rings. The summed E-state index contributed by atoms with van der Waals surface area (Å²) in [5.74, 6) is 0. The largest absolute Gasteiger partial charge is 0.444 e. The zero-order valence-electron chi connectivity index (χ0n) is 12.9. The second-order valence-electron chi connectivity index (χ2n) is 5.90. The van der Waals surface area contributed by atoms with Crippen molar-refractivity contribution >= 4 is 27.5 Å². The van der Waals surface area contributed by atoms with E-state index >= 15 is 0 Å². The molecule has 0 saturated heterocycles. The van der Waals surface area contributed by atoms with Crippen LogP contribution in [-0.4, -0.2) is 25.4 Å². The Kier molecular flexibility index (Phi) is 5.22. The number of carbonyl (C=O) groups is 1. The molecule has 0 bridgehead atoms. The maximum atomic E-state index is 11.7. The summed E-state index contributed by atoms with van der Waals surface area (Å²) in [6, 6.07) is 6.35. The number of nitrogens with one attached hydrogen (secondary N) is 2. The fraction of sp³-hybridized carbons (Fsp3) is 0.500. The summed E-state index contributed by atoms with van der Waals surface area (Å²) in [6.07, 6.45) is -0.557. The molecule has 1 amide bonds. The molecule has 0 aliphatic carbocycles. The average molecular weight is 314 g/mol. The van der Waals surface area contributed by atoms with E-state index in [0.29, 0.717) is 11.4 Å². The van der Waals surface area contributed by atoms with Crippen LogP contribution in [0.2, 0.25) is 0 Å². The van der Waals surface area contributed by atoms with Crippen molar-refractivity contribution in [3.63, 3.8) is 0 Å². The van der Waals surface area contributed by atoms with Gasteiger partial charge in [0.05, 0.1) is 5.25 Å². The third-order valence-electron chi connectivity index (χ3n) is 2.41. The molecule has 1 aromatic rings. The lowest BCUT2D eigenvalue weighted by atomic mass is 10.2. The van der Waals surface area contributed by atoms with Gasteiger partial charge in [-0.25, -0.2) is 13.2 Å². The van der Waals surface area contributed by atoms with Gasteiger partial charge in [-0.2, -0.15) is 0 Å². The van der Waals surface area contributed by atoms with Crippen molar-refractivity contribution < 1.29 is 17.9 Å². The number of hydrogen-bond donors (Lipinski definition) is 2. The summed E-state index contributed by atoms with van der Waals surface area (Å²) in [4.78, 5) is 11.6. The molecule has 0 radical (unpaired) electrons. The zero-order valence-corrected chi connectivity index (χ0v) is 13.7. The molecule has 0 saturated carbocycles. The minimum Gasteiger partial charge on any atom is -0.444 e. The number of ether oxygens (including phenoxy) is 1. The minimum absolute atomic E-state index is 0.443. The Bertz CT molecular complexity index is 586. The Morgan fingerprint density at radius 2 is 1.57 bits per heavy atom. The predicted molar refractivity (Wildman–Crippen MR) is 84.0 cm³/mol. The van der Waals surface area contributed by atoms with Crippen molar-refractivity contribution in [2.45, 2.75) is 45.5 Å². The lowest BCUT2D eigenvalue weighted by Gasteiger charge is -2.19. The highest BCUT2D eigenvalue weighted by atomic mass is 32.2. The number of sulfonamides is 1. The summed E-state index contributed by atoms with van der Waals surface area (Å²) in [6.45, 7) is 8.52. The third-order valence-corrected chi connectivity index (χ3v) is 4.17. The van der Waals surface area contributed by atoms with Gasteiger partial charge in [0.1, 0.15) is 5.60 Å². The maximum Gasteiger partial charge on any atom is 0.412 e. The van der Waals surface area contributed by atoms with Crippen LogP contribution >= 0.6 is 0 Å². The van der Waals surface area contributed by atoms with Crippen LogP contribution in [0.1, 0.15) is 34.6 Å². The van der Waals surface area contributed by atoms with Gasteiger partial charge in [-0.15, -0.1) is 0 Å². The summed E-state index contributed by atoms with van der Waals surface area (Å²) in [5, 5.41) is 2.06. The van der Waals surface area contributed by atoms with Crippen LogP contribution in [0.5, 0.6) is 0 Å². The van der Waals surface area contributed by atoms with Gasteiger partial charge in [-0.05, 0) is 58.9 Å². The number of rotatable bonds is 4. The van der Waals surface area contributed by atoms with E-state index in [9.17, 15) is 13.2 Å². The first-order chi connectivity index (χ1) is 9.49. The number of amides is 1. The van der Waals surface area contributed by atoms with Crippen LogP contribution in [0.4, 0.5) is 16.2 Å². The van der Waals surface area contributed by atoms with Gasteiger partial charge in [0.15, 0.2) is 0 Å². The first-order valence-corrected chi connectivity index (χ1v) is 8.16. The molecule has 7 heteroatoms. The molecule has 0 heterocycles. The molecule has 6 nitrogen and oxygen atoms in total. The molecular weight excluding hydrogens is 292 g/mol. The van der Waals surface area contributed by atoms with Crippen LogP contribution in [0.25, 0.3) is 0 Å². The molecule has 0 fully saturated rings. The van der Waals surface area contributed by atoms with Crippen molar-refractivity contribution in [2.24, 2.45) is 0 Å². The highest BCUT2D eigenvalue weighted by molar-refractivity contribution is 7.93. The molecule has 0 aromatic heterocycles. The summed E-state index contributed by atoms with van der Waals surface area (Å²) >= 11 is 0. The van der Waals surface area contributed by atoms with Gasteiger partial charge in [0, 0.05) is 11.4 Å². The second-order valence-corrected chi connectivity index (χ2v) is 8.14. The minimum atomic E-state index is -3.37. The molecule has 1 aromatic carbocycles. The van der Waals surface area contributed by atoms with Gasteiger partial charge in [0.25, 0.3) is 0 Å². The monoisotopic (exact) mass is 314 g/mol. The van der Waals surface area contributed by atoms with Crippen molar-refractivity contribution in [2.75, 3.05) is 10.0 Å². The van der Waals surface area contributed by atoms with E-state index in [2.05, 4.69) is 10.0 Å². The average Bonchev–Trinajstić information content (AvgIpc) is 2.28. The molecule has 2 N–H and O–H groups in total. The van der Waals surface area contributed by atoms with E-state index in [1.54, 1.807) is 58.9 Å². The molecule has 0 unspecified atom stereocenters. The molecule has 0 atom stereocenters. The van der Waals surface area contributed by atoms with Crippen molar-refractivity contribution in [3.05, 3.63) is 24.3 Å². The standard InChI is InChI=1S/C14H22N2O4S/c1-10(2)21(18,19)16-12-8-6-11(7-9-12)15-13(17)20-14(3,4)5/h6-10,16H,1-5H3,(H,15,17). The van der Waals surface area contributed by atoms with Gasteiger partial charge in [-0.1, -0.05) is 0 Å². The van der Waals surface area contributed by atoms with Gasteiger partial charge in [0.2, 0.25) is 10.0 Å². The van der Waals surface area contributed by atoms with Gasteiger partial charge >= 0.3 is 6.09 Å². The topological polar surface area (TPSA) is 84.5 Å². The van der Waals surface area contributed by atoms with Gasteiger partial charge < -0.3 is 4.74 Å². The predicted octanol–water partition coefficient (Wildman–Crippen LogP) is 3.18. The summed E-state index contributed by atoms with van der Waals surface area (Å²) < 4.78 is 31.0. The van der Waals surface area contributed by atoms with E-state index in [1.165, 1.54) is 0 Å². The summed E-state index contributed by atoms with van der Waals surface area (Å²) in [7, 11) is -3.37. The normalized spacial score (nSPS) is 12.1. The molecule has 21 heavy (non-hydrogen) atoms. The second kappa shape index (κ2) is 6.34. The Morgan fingerprint density at radius 1 is 1.10 bits per heavy atom. The van der Waals surface area contributed by atoms with Crippen LogP contribution < -0.4 is 10.0 Å². The van der Waals surface area contributed by atoms with Crippen LogP contribution in [0.15, 0.2) is 24.3 Å². The van der Waals surface area contributed by atoms with Crippen molar-refractivity contribution in [1.29, 1.82) is 0 Å². The fourth-order valence-electron chi connectivity index (χ4n) is 1.33. The third kappa shape index (κ3) is 6.03. The Balaban J connectivity index is 2.69. The number of anilines is 2. The van der Waals surface area contributed by atoms with Crippen molar-refractivity contribution in [1.82, 2.24) is 0 Å². The van der Waals surface area contributed by atoms with Gasteiger partial charge in [-0.3, -0.25) is 10.0 Å². The Hall–Kier alpha value is -1.76. The van der Waals surface area contributed by atoms with Crippen LogP contribution in [0, 0.1) is 0 Å². The number of carbonyl (C=O) groups excluding carboxylic acids is 1. The first kappa shape index (κ1) is 17.3. The summed E-state index contributed by atoms with van der Waals surface area (Å²) in [5.41, 5.74) is 0.395. The molecule has 1 rings (SSSR count). The molecule has 0 spiro atoms. The molecule has 0 aliphatic heterocycles. The van der Waals surface area contributed by atoms with E-state index in [0.717, 1.165) is 0 Å². The van der Waals surface area contributed by atoms with Crippen LogP contribution in [-0.2, 0) is 14.8 Å². The van der Waals surface area contributed by atoms with Crippen molar-refractivity contribution in [3.8, 4) is 0 Å². The maximum absolute atomic E-state index is 11.7. The van der Waals surface area contributed by atoms with Crippen LogP contribution in [0.3, 0.4) is 0 Å². The highest BCUT2D eigenvalue weighted by Crippen LogP contribution is 2.17. The smallest absolute Gasteiger partial charge is 0.412 e. The van der Waals surface area contributed by atoms with E-state index in [-0.39, 0.29) is 0 Å². The zero-order chi connectivity index (χ0) is 16.3.